The lowest BCUT2D eigenvalue weighted by Gasteiger charge is -2.16. The van der Waals surface area contributed by atoms with Crippen LogP contribution >= 0.6 is 19.6 Å². The average Bonchev–Trinajstić information content (AvgIpc) is 2.85. The number of aryl methyl sites for hydroxylation is 1. The summed E-state index contributed by atoms with van der Waals surface area (Å²) in [4.78, 5) is 0. The zero-order valence-corrected chi connectivity index (χ0v) is 13.8. The quantitative estimate of drug-likeness (QED) is 0.678. The Hall–Kier alpha value is -0.970. The van der Waals surface area contributed by atoms with Gasteiger partial charge in [-0.3, -0.25) is 5.10 Å². The maximum absolute atomic E-state index is 10.8. The van der Waals surface area contributed by atoms with E-state index in [1.54, 1.807) is 6.66 Å². The van der Waals surface area contributed by atoms with E-state index in [1.807, 2.05) is 4.52 Å². The smallest absolute Gasteiger partial charge is 0.293 e. The van der Waals surface area contributed by atoms with Crippen LogP contribution in [0.1, 0.15) is 38.7 Å². The van der Waals surface area contributed by atoms with Gasteiger partial charge in [0.15, 0.2) is 18.1 Å². The summed E-state index contributed by atoms with van der Waals surface area (Å²) in [5.41, 5.74) is 1.51. The van der Waals surface area contributed by atoms with Crippen molar-refractivity contribution in [3.8, 4) is 0 Å². The molecule has 0 saturated carbocycles. The molecule has 0 aliphatic carbocycles. The Balaban J connectivity index is 2.17. The van der Waals surface area contributed by atoms with Gasteiger partial charge in [0.05, 0.1) is 5.69 Å². The normalized spacial score (nSPS) is 13.2. The lowest BCUT2D eigenvalue weighted by atomic mass is 9.92. The van der Waals surface area contributed by atoms with Crippen LogP contribution < -0.4 is 0 Å². The Kier molecular flexibility index (Phi) is 4.47. The summed E-state index contributed by atoms with van der Waals surface area (Å²) >= 11 is 6.34. The van der Waals surface area contributed by atoms with Gasteiger partial charge < -0.3 is 0 Å². The minimum Gasteiger partial charge on any atom is -0.293 e. The second-order valence-electron chi connectivity index (χ2n) is 5.70. The SMILES string of the molecule is C[P+](=O)OCCCc1nnc2c(Cl)c(C(C)(C)C)[nH]n12. The third-order valence-electron chi connectivity index (χ3n) is 2.94. The van der Waals surface area contributed by atoms with E-state index in [2.05, 4.69) is 36.1 Å². The Morgan fingerprint density at radius 3 is 2.70 bits per heavy atom. The summed E-state index contributed by atoms with van der Waals surface area (Å²) in [6, 6.07) is 0. The topological polar surface area (TPSA) is 72.3 Å². The van der Waals surface area contributed by atoms with Gasteiger partial charge in [0.25, 0.3) is 0 Å². The third-order valence-corrected chi connectivity index (χ3v) is 3.84. The maximum Gasteiger partial charge on any atom is 0.504 e. The summed E-state index contributed by atoms with van der Waals surface area (Å²) in [5.74, 6) is 0.798. The molecule has 0 aromatic carbocycles. The van der Waals surface area contributed by atoms with E-state index in [1.165, 1.54) is 0 Å². The van der Waals surface area contributed by atoms with Gasteiger partial charge in [-0.1, -0.05) is 32.4 Å². The first-order valence-electron chi connectivity index (χ1n) is 6.46. The molecule has 0 amide bonds. The van der Waals surface area contributed by atoms with Crippen molar-refractivity contribution in [2.45, 2.75) is 39.0 Å². The van der Waals surface area contributed by atoms with Crippen molar-refractivity contribution in [1.82, 2.24) is 19.8 Å². The molecule has 2 aromatic rings. The summed E-state index contributed by atoms with van der Waals surface area (Å²) in [5, 5.41) is 12.1. The molecular formula is C12H19ClN4O2P+. The number of nitrogens with zero attached hydrogens (tertiary/aromatic N) is 3. The number of aromatic amines is 1. The van der Waals surface area contributed by atoms with Crippen LogP contribution in [0.3, 0.4) is 0 Å². The van der Waals surface area contributed by atoms with Crippen molar-refractivity contribution >= 4 is 25.3 Å². The van der Waals surface area contributed by atoms with Crippen LogP contribution in [-0.4, -0.2) is 33.1 Å². The third kappa shape index (κ3) is 3.19. The first-order valence-corrected chi connectivity index (χ1v) is 8.46. The van der Waals surface area contributed by atoms with E-state index in [-0.39, 0.29) is 5.41 Å². The van der Waals surface area contributed by atoms with Gasteiger partial charge in [-0.2, -0.15) is 0 Å². The van der Waals surface area contributed by atoms with Gasteiger partial charge in [-0.15, -0.1) is 14.7 Å². The highest BCUT2D eigenvalue weighted by atomic mass is 35.5. The van der Waals surface area contributed by atoms with Crippen molar-refractivity contribution < 1.29 is 9.09 Å². The molecule has 1 unspecified atom stereocenters. The predicted molar refractivity (Wildman–Crippen MR) is 78.9 cm³/mol. The highest BCUT2D eigenvalue weighted by Crippen LogP contribution is 2.31. The van der Waals surface area contributed by atoms with Gasteiger partial charge >= 0.3 is 8.03 Å². The number of H-pyrrole nitrogens is 1. The second-order valence-corrected chi connectivity index (χ2v) is 7.22. The van der Waals surface area contributed by atoms with E-state index in [4.69, 9.17) is 16.1 Å². The van der Waals surface area contributed by atoms with Crippen molar-refractivity contribution in [1.29, 1.82) is 0 Å². The molecule has 0 radical (unpaired) electrons. The second kappa shape index (κ2) is 5.80. The van der Waals surface area contributed by atoms with Gasteiger partial charge in [-0.25, -0.2) is 4.52 Å². The van der Waals surface area contributed by atoms with E-state index < -0.39 is 8.03 Å². The Labute approximate surface area is 123 Å². The maximum atomic E-state index is 10.8. The minimum atomic E-state index is -1.54. The Bertz CT molecular complexity index is 629. The van der Waals surface area contributed by atoms with Crippen molar-refractivity contribution in [2.24, 2.45) is 0 Å². The molecule has 20 heavy (non-hydrogen) atoms. The standard InChI is InChI=1S/C12H19ClN4O2P/c1-12(2,3)10-9(13)11-15-14-8(17(11)16-10)6-5-7-19-20(4)18/h16H,5-7H2,1-4H3/q+1. The van der Waals surface area contributed by atoms with Gasteiger partial charge in [0.1, 0.15) is 11.6 Å². The molecule has 0 saturated heterocycles. The van der Waals surface area contributed by atoms with Crippen LogP contribution in [0.5, 0.6) is 0 Å². The largest absolute Gasteiger partial charge is 0.504 e. The molecule has 1 N–H and O–H groups in total. The fourth-order valence-corrected chi connectivity index (χ4v) is 2.77. The fourth-order valence-electron chi connectivity index (χ4n) is 1.93. The lowest BCUT2D eigenvalue weighted by molar-refractivity contribution is 0.324. The van der Waals surface area contributed by atoms with Crippen LogP contribution in [0.4, 0.5) is 0 Å². The molecule has 2 heterocycles. The highest BCUT2D eigenvalue weighted by Gasteiger charge is 2.24. The summed E-state index contributed by atoms with van der Waals surface area (Å²) in [7, 11) is -1.54. The zero-order chi connectivity index (χ0) is 14.9. The Morgan fingerprint density at radius 1 is 1.40 bits per heavy atom. The molecule has 0 bridgehead atoms. The number of hydrogen-bond donors (Lipinski definition) is 1. The number of halogens is 1. The molecule has 0 aliphatic heterocycles. The molecule has 2 rings (SSSR count). The minimum absolute atomic E-state index is 0.0846. The Morgan fingerprint density at radius 2 is 2.10 bits per heavy atom. The number of fused-ring (bicyclic) bond motifs is 1. The van der Waals surface area contributed by atoms with Crippen molar-refractivity contribution in [3.63, 3.8) is 0 Å². The average molecular weight is 318 g/mol. The monoisotopic (exact) mass is 317 g/mol. The number of nitrogens with one attached hydrogen (secondary N) is 1. The summed E-state index contributed by atoms with van der Waals surface area (Å²) in [6.07, 6.45) is 1.42. The summed E-state index contributed by atoms with van der Waals surface area (Å²) < 4.78 is 17.7. The molecule has 1 atom stereocenters. The van der Waals surface area contributed by atoms with E-state index in [0.717, 1.165) is 17.9 Å². The van der Waals surface area contributed by atoms with Gasteiger partial charge in [-0.05, 0) is 11.0 Å². The molecule has 0 spiro atoms. The van der Waals surface area contributed by atoms with Crippen LogP contribution in [-0.2, 0) is 20.9 Å². The predicted octanol–water partition coefficient (Wildman–Crippen LogP) is 3.33. The van der Waals surface area contributed by atoms with E-state index in [0.29, 0.717) is 23.7 Å². The molecule has 0 aliphatic rings. The van der Waals surface area contributed by atoms with E-state index >= 15 is 0 Å². The molecule has 110 valence electrons. The molecular weight excluding hydrogens is 299 g/mol. The zero-order valence-electron chi connectivity index (χ0n) is 12.1. The van der Waals surface area contributed by atoms with E-state index in [9.17, 15) is 4.57 Å². The number of rotatable bonds is 5. The molecule has 6 nitrogen and oxygen atoms in total. The first kappa shape index (κ1) is 15.4. The highest BCUT2D eigenvalue weighted by molar-refractivity contribution is 7.38. The first-order chi connectivity index (χ1) is 9.30. The molecule has 8 heteroatoms. The van der Waals surface area contributed by atoms with Crippen LogP contribution in [0.2, 0.25) is 5.02 Å². The lowest BCUT2D eigenvalue weighted by Crippen LogP contribution is -2.13. The summed E-state index contributed by atoms with van der Waals surface area (Å²) in [6.45, 7) is 8.25. The van der Waals surface area contributed by atoms with Gasteiger partial charge in [0.2, 0.25) is 0 Å². The molecule has 0 fully saturated rings. The van der Waals surface area contributed by atoms with Crippen molar-refractivity contribution in [2.75, 3.05) is 13.3 Å². The van der Waals surface area contributed by atoms with Gasteiger partial charge in [0, 0.05) is 11.8 Å². The van der Waals surface area contributed by atoms with Crippen LogP contribution in [0.25, 0.3) is 5.65 Å². The number of hydrogen-bond acceptors (Lipinski definition) is 4. The molecule has 2 aromatic heterocycles. The van der Waals surface area contributed by atoms with Crippen LogP contribution in [0, 0.1) is 0 Å². The fraction of sp³-hybridized carbons (Fsp3) is 0.667. The van der Waals surface area contributed by atoms with Crippen LogP contribution in [0.15, 0.2) is 0 Å². The van der Waals surface area contributed by atoms with Crippen molar-refractivity contribution in [3.05, 3.63) is 16.5 Å². The number of aromatic nitrogens is 4.